The van der Waals surface area contributed by atoms with Gasteiger partial charge in [-0.05, 0) is 78.5 Å². The Morgan fingerprint density at radius 3 is 2.81 bits per heavy atom. The Morgan fingerprint density at radius 2 is 2.04 bits per heavy atom. The third-order valence-electron chi connectivity index (χ3n) is 5.50. The summed E-state index contributed by atoms with van der Waals surface area (Å²) in [6.45, 7) is 0. The van der Waals surface area contributed by atoms with Gasteiger partial charge in [0.05, 0.1) is 13.5 Å². The van der Waals surface area contributed by atoms with E-state index in [1.54, 1.807) is 0 Å². The van der Waals surface area contributed by atoms with Crippen LogP contribution in [0.5, 0.6) is 5.75 Å². The van der Waals surface area contributed by atoms with Crippen molar-refractivity contribution < 1.29 is 14.3 Å². The van der Waals surface area contributed by atoms with Gasteiger partial charge in [0, 0.05) is 4.47 Å². The van der Waals surface area contributed by atoms with E-state index in [4.69, 9.17) is 9.47 Å². The minimum Gasteiger partial charge on any atom is -0.486 e. The largest absolute Gasteiger partial charge is 0.486 e. The molecule has 0 saturated heterocycles. The van der Waals surface area contributed by atoms with E-state index in [0.717, 1.165) is 23.1 Å². The smallest absolute Gasteiger partial charge is 0.306 e. The molecule has 1 fully saturated rings. The van der Waals surface area contributed by atoms with Gasteiger partial charge in [0.25, 0.3) is 0 Å². The fourth-order valence-electron chi connectivity index (χ4n) is 3.97. The predicted octanol–water partition coefficient (Wildman–Crippen LogP) is 5.57. The Kier molecular flexibility index (Phi) is 5.03. The topological polar surface area (TPSA) is 35.5 Å². The monoisotopic (exact) mass is 414 g/mol. The summed E-state index contributed by atoms with van der Waals surface area (Å²) in [4.78, 5) is 11.8. The fraction of sp³-hybridized carbons (Fsp3) is 0.409. The molecule has 0 spiro atoms. The van der Waals surface area contributed by atoms with E-state index in [2.05, 4.69) is 46.3 Å². The van der Waals surface area contributed by atoms with E-state index in [1.165, 1.54) is 36.6 Å². The third kappa shape index (κ3) is 3.80. The van der Waals surface area contributed by atoms with Crippen LogP contribution in [0.1, 0.15) is 54.4 Å². The van der Waals surface area contributed by atoms with Gasteiger partial charge in [0.15, 0.2) is 0 Å². The molecule has 26 heavy (non-hydrogen) atoms. The number of halogens is 1. The molecule has 4 heteroatoms. The SMILES string of the molecule is COC(=O)CC(c1cccc(O[C@@H]2CCc3cc(Br)ccc32)c1)C1CC1. The Bertz CT molecular complexity index is 813. The zero-order valence-corrected chi connectivity index (χ0v) is 16.5. The molecule has 0 amide bonds. The molecule has 0 bridgehead atoms. The molecule has 1 saturated carbocycles. The van der Waals surface area contributed by atoms with Crippen LogP contribution >= 0.6 is 15.9 Å². The number of hydrogen-bond acceptors (Lipinski definition) is 3. The molecule has 2 aromatic rings. The van der Waals surface area contributed by atoms with Gasteiger partial charge in [0.2, 0.25) is 0 Å². The van der Waals surface area contributed by atoms with E-state index in [0.29, 0.717) is 12.3 Å². The first-order chi connectivity index (χ1) is 12.6. The summed E-state index contributed by atoms with van der Waals surface area (Å²) in [5.41, 5.74) is 3.83. The van der Waals surface area contributed by atoms with Crippen LogP contribution in [0.4, 0.5) is 0 Å². The van der Waals surface area contributed by atoms with E-state index >= 15 is 0 Å². The van der Waals surface area contributed by atoms with E-state index in [9.17, 15) is 4.79 Å². The summed E-state index contributed by atoms with van der Waals surface area (Å²) in [5.74, 6) is 1.58. The first kappa shape index (κ1) is 17.6. The molecule has 2 aliphatic carbocycles. The van der Waals surface area contributed by atoms with Crippen molar-refractivity contribution in [2.24, 2.45) is 5.92 Å². The summed E-state index contributed by atoms with van der Waals surface area (Å²) in [6.07, 6.45) is 4.99. The van der Waals surface area contributed by atoms with E-state index in [-0.39, 0.29) is 18.0 Å². The first-order valence-corrected chi connectivity index (χ1v) is 10.0. The lowest BCUT2D eigenvalue weighted by Crippen LogP contribution is -2.11. The van der Waals surface area contributed by atoms with Crippen LogP contribution < -0.4 is 4.74 Å². The molecule has 4 rings (SSSR count). The van der Waals surface area contributed by atoms with Crippen molar-refractivity contribution in [3.8, 4) is 5.75 Å². The second kappa shape index (κ2) is 7.43. The number of aryl methyl sites for hydroxylation is 1. The highest BCUT2D eigenvalue weighted by Gasteiger charge is 2.34. The lowest BCUT2D eigenvalue weighted by atomic mass is 9.91. The minimum atomic E-state index is -0.136. The maximum Gasteiger partial charge on any atom is 0.306 e. The van der Waals surface area contributed by atoms with Crippen LogP contribution in [0.2, 0.25) is 0 Å². The van der Waals surface area contributed by atoms with E-state index in [1.807, 2.05) is 12.1 Å². The van der Waals surface area contributed by atoms with Gasteiger partial charge in [-0.2, -0.15) is 0 Å². The minimum absolute atomic E-state index is 0.105. The summed E-state index contributed by atoms with van der Waals surface area (Å²) in [6, 6.07) is 14.7. The number of methoxy groups -OCH3 is 1. The van der Waals surface area contributed by atoms with Crippen molar-refractivity contribution in [1.29, 1.82) is 0 Å². The molecule has 0 aliphatic heterocycles. The van der Waals surface area contributed by atoms with Gasteiger partial charge in [-0.25, -0.2) is 0 Å². The van der Waals surface area contributed by atoms with Crippen molar-refractivity contribution in [3.05, 3.63) is 63.6 Å². The molecule has 2 aliphatic rings. The highest BCUT2D eigenvalue weighted by atomic mass is 79.9. The number of rotatable bonds is 6. The van der Waals surface area contributed by atoms with Crippen molar-refractivity contribution in [1.82, 2.24) is 0 Å². The van der Waals surface area contributed by atoms with Crippen molar-refractivity contribution in [2.75, 3.05) is 7.11 Å². The standard InChI is InChI=1S/C22H23BrO3/c1-25-22(24)13-20(14-5-6-14)15-3-2-4-18(12-15)26-21-10-7-16-11-17(23)8-9-19(16)21/h2-4,8-9,11-12,14,20-21H,5-7,10,13H2,1H3/t20?,21-/m1/s1. The Hall–Kier alpha value is -1.81. The van der Waals surface area contributed by atoms with E-state index < -0.39 is 0 Å². The zero-order chi connectivity index (χ0) is 18.1. The lowest BCUT2D eigenvalue weighted by Gasteiger charge is -2.19. The van der Waals surface area contributed by atoms with Crippen molar-refractivity contribution in [3.63, 3.8) is 0 Å². The zero-order valence-electron chi connectivity index (χ0n) is 14.9. The Balaban J connectivity index is 1.52. The molecule has 136 valence electrons. The summed E-state index contributed by atoms with van der Waals surface area (Å²) >= 11 is 3.54. The summed E-state index contributed by atoms with van der Waals surface area (Å²) < 4.78 is 12.3. The van der Waals surface area contributed by atoms with Crippen LogP contribution in [0.15, 0.2) is 46.9 Å². The van der Waals surface area contributed by atoms with Crippen molar-refractivity contribution >= 4 is 21.9 Å². The number of fused-ring (bicyclic) bond motifs is 1. The quantitative estimate of drug-likeness (QED) is 0.579. The highest BCUT2D eigenvalue weighted by Crippen LogP contribution is 2.45. The Morgan fingerprint density at radius 1 is 1.19 bits per heavy atom. The number of hydrogen-bond donors (Lipinski definition) is 0. The van der Waals surface area contributed by atoms with Crippen molar-refractivity contribution in [2.45, 2.75) is 44.1 Å². The van der Waals surface area contributed by atoms with Gasteiger partial charge in [-0.15, -0.1) is 0 Å². The van der Waals surface area contributed by atoms with Crippen LogP contribution in [-0.2, 0) is 16.0 Å². The van der Waals surface area contributed by atoms with Gasteiger partial charge >= 0.3 is 5.97 Å². The maximum absolute atomic E-state index is 11.8. The molecule has 3 nitrogen and oxygen atoms in total. The van der Waals surface area contributed by atoms with Gasteiger partial charge < -0.3 is 9.47 Å². The molecule has 2 aromatic carbocycles. The second-order valence-electron chi connectivity index (χ2n) is 7.28. The molecule has 0 radical (unpaired) electrons. The predicted molar refractivity (Wildman–Crippen MR) is 104 cm³/mol. The number of carbonyl (C=O) groups excluding carboxylic acids is 1. The molecular weight excluding hydrogens is 392 g/mol. The molecule has 0 aromatic heterocycles. The molecule has 2 atom stereocenters. The summed E-state index contributed by atoms with van der Waals surface area (Å²) in [7, 11) is 1.46. The fourth-order valence-corrected chi connectivity index (χ4v) is 4.38. The van der Waals surface area contributed by atoms with Crippen LogP contribution in [0.3, 0.4) is 0 Å². The first-order valence-electron chi connectivity index (χ1n) is 9.26. The van der Waals surface area contributed by atoms with Gasteiger partial charge in [-0.3, -0.25) is 4.79 Å². The van der Waals surface area contributed by atoms with Gasteiger partial charge in [-0.1, -0.05) is 34.1 Å². The number of benzene rings is 2. The number of carbonyl (C=O) groups is 1. The number of esters is 1. The molecule has 1 unspecified atom stereocenters. The lowest BCUT2D eigenvalue weighted by molar-refractivity contribution is -0.141. The normalized spacial score (nSPS) is 19.7. The van der Waals surface area contributed by atoms with Crippen LogP contribution in [0, 0.1) is 5.92 Å². The molecule has 0 heterocycles. The highest BCUT2D eigenvalue weighted by molar-refractivity contribution is 9.10. The second-order valence-corrected chi connectivity index (χ2v) is 8.20. The summed E-state index contributed by atoms with van der Waals surface area (Å²) in [5, 5.41) is 0. The van der Waals surface area contributed by atoms with Crippen LogP contribution in [0.25, 0.3) is 0 Å². The van der Waals surface area contributed by atoms with Crippen LogP contribution in [-0.4, -0.2) is 13.1 Å². The average Bonchev–Trinajstić information content (AvgIpc) is 3.42. The third-order valence-corrected chi connectivity index (χ3v) is 5.99. The Labute approximate surface area is 162 Å². The maximum atomic E-state index is 11.8. The molecule has 0 N–H and O–H groups in total. The number of ether oxygens (including phenoxy) is 2. The molecular formula is C22H23BrO3. The van der Waals surface area contributed by atoms with Gasteiger partial charge in [0.1, 0.15) is 11.9 Å². The average molecular weight is 415 g/mol.